The summed E-state index contributed by atoms with van der Waals surface area (Å²) in [6.07, 6.45) is -6.66. The number of nitrogens with zero attached hydrogens (tertiary/aromatic N) is 1. The van der Waals surface area contributed by atoms with Gasteiger partial charge in [-0.05, 0) is 32.0 Å². The zero-order valence-corrected chi connectivity index (χ0v) is 18.6. The Morgan fingerprint density at radius 1 is 1.24 bits per heavy atom. The number of methoxy groups -OCH3 is 1. The van der Waals surface area contributed by atoms with E-state index < -0.39 is 58.9 Å². The van der Waals surface area contributed by atoms with E-state index in [0.717, 1.165) is 32.2 Å². The number of nitrogens with two attached hydrogens (primary N) is 1. The van der Waals surface area contributed by atoms with Crippen molar-refractivity contribution < 1.29 is 41.0 Å². The summed E-state index contributed by atoms with van der Waals surface area (Å²) >= 11 is 0. The first kappa shape index (κ1) is 25.3. The molecule has 0 unspecified atom stereocenters. The number of aryl methyl sites for hydroxylation is 1. The Labute approximate surface area is 191 Å². The number of anilines is 1. The highest BCUT2D eigenvalue weighted by atomic mass is 19.4. The number of aromatic nitrogens is 1. The van der Waals surface area contributed by atoms with Crippen LogP contribution in [0.25, 0.3) is 0 Å². The Balaban J connectivity index is 2.09. The van der Waals surface area contributed by atoms with Gasteiger partial charge in [-0.2, -0.15) is 17.6 Å². The number of primary amides is 1. The Kier molecular flexibility index (Phi) is 6.57. The molecule has 3 N–H and O–H groups in total. The molecule has 0 radical (unpaired) electrons. The van der Waals surface area contributed by atoms with E-state index in [0.29, 0.717) is 5.69 Å². The van der Waals surface area contributed by atoms with Gasteiger partial charge in [-0.3, -0.25) is 9.59 Å². The summed E-state index contributed by atoms with van der Waals surface area (Å²) in [7, 11) is 1.03. The van der Waals surface area contributed by atoms with Crippen molar-refractivity contribution in [2.75, 3.05) is 12.4 Å². The predicted octanol–water partition coefficient (Wildman–Crippen LogP) is 3.85. The molecule has 1 aliphatic heterocycles. The molecule has 184 valence electrons. The van der Waals surface area contributed by atoms with Gasteiger partial charge in [0.2, 0.25) is 5.82 Å². The van der Waals surface area contributed by atoms with Gasteiger partial charge in [0, 0.05) is 28.8 Å². The number of ether oxygens (including phenoxy) is 2. The lowest BCUT2D eigenvalue weighted by molar-refractivity contribution is -0.272. The Hall–Kier alpha value is -3.28. The lowest BCUT2D eigenvalue weighted by Gasteiger charge is -2.32. The quantitative estimate of drug-likeness (QED) is 0.624. The Bertz CT molecular complexity index is 1140. The topological polar surface area (TPSA) is 104 Å². The van der Waals surface area contributed by atoms with Crippen LogP contribution in [-0.2, 0) is 9.53 Å². The van der Waals surface area contributed by atoms with Crippen molar-refractivity contribution in [1.29, 1.82) is 0 Å². The van der Waals surface area contributed by atoms with Crippen molar-refractivity contribution in [3.63, 3.8) is 0 Å². The SMILES string of the molecule is COc1c([C@@H]2[C@@H](C(=O)Nc3cc(C)nc(C(N)=O)c3)O[C@](C)(C(F)(F)F)[C@H]2C)ccc(F)c1F. The molecule has 2 amide bonds. The molecule has 7 nitrogen and oxygen atoms in total. The van der Waals surface area contributed by atoms with Gasteiger partial charge in [-0.15, -0.1) is 0 Å². The van der Waals surface area contributed by atoms with Crippen LogP contribution in [-0.4, -0.2) is 41.8 Å². The van der Waals surface area contributed by atoms with Crippen LogP contribution in [0, 0.1) is 24.5 Å². The minimum atomic E-state index is -4.89. The summed E-state index contributed by atoms with van der Waals surface area (Å²) < 4.78 is 80.3. The number of amides is 2. The van der Waals surface area contributed by atoms with Crippen LogP contribution in [0.2, 0.25) is 0 Å². The summed E-state index contributed by atoms with van der Waals surface area (Å²) in [6.45, 7) is 3.51. The van der Waals surface area contributed by atoms with Crippen LogP contribution in [0.3, 0.4) is 0 Å². The molecular weight excluding hydrogens is 465 g/mol. The van der Waals surface area contributed by atoms with Crippen molar-refractivity contribution in [2.45, 2.75) is 44.6 Å². The first-order valence-electron chi connectivity index (χ1n) is 10.1. The molecule has 0 aliphatic carbocycles. The second-order valence-corrected chi connectivity index (χ2v) is 8.18. The molecule has 1 saturated heterocycles. The number of rotatable bonds is 5. The monoisotopic (exact) mass is 487 g/mol. The molecule has 0 bridgehead atoms. The number of carbonyl (C=O) groups excluding carboxylic acids is 2. The molecule has 0 saturated carbocycles. The number of nitrogens with one attached hydrogen (secondary N) is 1. The molecule has 0 spiro atoms. The lowest BCUT2D eigenvalue weighted by Crippen LogP contribution is -2.47. The zero-order valence-electron chi connectivity index (χ0n) is 18.6. The number of alkyl halides is 3. The van der Waals surface area contributed by atoms with Gasteiger partial charge in [0.15, 0.2) is 17.2 Å². The van der Waals surface area contributed by atoms with Crippen LogP contribution in [0.15, 0.2) is 24.3 Å². The largest absolute Gasteiger partial charge is 0.493 e. The number of hydrogen-bond acceptors (Lipinski definition) is 5. The van der Waals surface area contributed by atoms with Crippen molar-refractivity contribution in [3.8, 4) is 5.75 Å². The number of halogens is 5. The van der Waals surface area contributed by atoms with E-state index in [1.165, 1.54) is 19.9 Å². The van der Waals surface area contributed by atoms with Crippen LogP contribution < -0.4 is 15.8 Å². The maximum Gasteiger partial charge on any atom is 0.417 e. The van der Waals surface area contributed by atoms with E-state index >= 15 is 0 Å². The molecule has 2 aromatic rings. The third-order valence-corrected chi connectivity index (χ3v) is 6.04. The highest BCUT2D eigenvalue weighted by Crippen LogP contribution is 2.55. The average molecular weight is 487 g/mol. The van der Waals surface area contributed by atoms with Crippen molar-refractivity contribution in [1.82, 2.24) is 4.98 Å². The van der Waals surface area contributed by atoms with Crippen molar-refractivity contribution in [2.24, 2.45) is 11.7 Å². The van der Waals surface area contributed by atoms with Gasteiger partial charge in [0.1, 0.15) is 11.8 Å². The summed E-state index contributed by atoms with van der Waals surface area (Å²) in [5.41, 5.74) is 2.45. The fraction of sp³-hybridized carbons (Fsp3) is 0.409. The summed E-state index contributed by atoms with van der Waals surface area (Å²) in [5, 5.41) is 2.41. The average Bonchev–Trinajstić information content (AvgIpc) is 3.01. The molecule has 2 heterocycles. The standard InChI is InChI=1S/C22H22F5N3O4/c1-9-7-11(8-14(29-9)19(28)31)30-20(32)18-15(10(2)21(3,34-18)22(25,26)27)12-5-6-13(23)16(24)17(12)33-4/h5-8,10,15,18H,1-4H3,(H2,28,31)(H,29,30,32)/t10-,15+,18-,21-/m0/s1. The van der Waals surface area contributed by atoms with Gasteiger partial charge < -0.3 is 20.5 Å². The van der Waals surface area contributed by atoms with E-state index in [-0.39, 0.29) is 16.9 Å². The first-order chi connectivity index (χ1) is 15.7. The molecule has 1 aromatic heterocycles. The predicted molar refractivity (Wildman–Crippen MR) is 110 cm³/mol. The van der Waals surface area contributed by atoms with Gasteiger partial charge in [-0.25, -0.2) is 9.37 Å². The minimum Gasteiger partial charge on any atom is -0.493 e. The molecule has 3 rings (SSSR count). The van der Waals surface area contributed by atoms with Crippen molar-refractivity contribution in [3.05, 3.63) is 52.9 Å². The Morgan fingerprint density at radius 3 is 2.44 bits per heavy atom. The Morgan fingerprint density at radius 2 is 1.88 bits per heavy atom. The number of benzene rings is 1. The fourth-order valence-electron chi connectivity index (χ4n) is 4.12. The number of hydrogen-bond donors (Lipinski definition) is 2. The minimum absolute atomic E-state index is 0.0409. The highest BCUT2D eigenvalue weighted by molar-refractivity contribution is 5.97. The lowest BCUT2D eigenvalue weighted by atomic mass is 9.77. The van der Waals surface area contributed by atoms with Crippen LogP contribution in [0.5, 0.6) is 5.75 Å². The zero-order chi connectivity index (χ0) is 25.6. The first-order valence-corrected chi connectivity index (χ1v) is 10.1. The second-order valence-electron chi connectivity index (χ2n) is 8.18. The van der Waals surface area contributed by atoms with Crippen LogP contribution >= 0.6 is 0 Å². The van der Waals surface area contributed by atoms with Gasteiger partial charge in [0.05, 0.1) is 7.11 Å². The third-order valence-electron chi connectivity index (χ3n) is 6.04. The van der Waals surface area contributed by atoms with E-state index in [1.54, 1.807) is 0 Å². The summed E-state index contributed by atoms with van der Waals surface area (Å²) in [4.78, 5) is 28.5. The smallest absolute Gasteiger partial charge is 0.417 e. The molecule has 4 atom stereocenters. The number of pyridine rings is 1. The summed E-state index contributed by atoms with van der Waals surface area (Å²) in [6, 6.07) is 4.33. The molecule has 1 aromatic carbocycles. The number of carbonyl (C=O) groups is 2. The summed E-state index contributed by atoms with van der Waals surface area (Å²) in [5.74, 6) is -7.93. The van der Waals surface area contributed by atoms with E-state index in [1.807, 2.05) is 0 Å². The molecule has 12 heteroatoms. The van der Waals surface area contributed by atoms with Gasteiger partial charge in [-0.1, -0.05) is 13.0 Å². The third kappa shape index (κ3) is 4.29. The van der Waals surface area contributed by atoms with E-state index in [2.05, 4.69) is 10.3 Å². The van der Waals surface area contributed by atoms with Crippen LogP contribution in [0.1, 0.15) is 41.5 Å². The van der Waals surface area contributed by atoms with Gasteiger partial charge >= 0.3 is 6.18 Å². The molecule has 1 fully saturated rings. The van der Waals surface area contributed by atoms with Crippen LogP contribution in [0.4, 0.5) is 27.6 Å². The van der Waals surface area contributed by atoms with Gasteiger partial charge in [0.25, 0.3) is 11.8 Å². The molecule has 1 aliphatic rings. The second kappa shape index (κ2) is 8.82. The maximum atomic E-state index is 14.4. The van der Waals surface area contributed by atoms with Crippen molar-refractivity contribution >= 4 is 17.5 Å². The highest BCUT2D eigenvalue weighted by Gasteiger charge is 2.65. The fourth-order valence-corrected chi connectivity index (χ4v) is 4.12. The normalized spacial score (nSPS) is 24.7. The molecule has 34 heavy (non-hydrogen) atoms. The molecular formula is C22H22F5N3O4. The maximum absolute atomic E-state index is 14.4. The van der Waals surface area contributed by atoms with E-state index in [4.69, 9.17) is 15.2 Å². The van der Waals surface area contributed by atoms with E-state index in [9.17, 15) is 31.5 Å².